The largest absolute Gasteiger partial charge is 0.309 e. The highest BCUT2D eigenvalue weighted by Gasteiger charge is 2.21. The number of hydrogen-bond acceptors (Lipinski definition) is 0. The third-order valence-electron chi connectivity index (χ3n) is 11.6. The van der Waals surface area contributed by atoms with Crippen LogP contribution in [-0.4, -0.2) is 13.7 Å². The van der Waals surface area contributed by atoms with E-state index in [0.717, 1.165) is 11.4 Å². The van der Waals surface area contributed by atoms with E-state index in [-0.39, 0.29) is 0 Å². The average Bonchev–Trinajstić information content (AvgIpc) is 3.89. The van der Waals surface area contributed by atoms with E-state index < -0.39 is 0 Å². The zero-order valence-corrected chi connectivity index (χ0v) is 29.9. The number of hydrogen-bond donors (Lipinski definition) is 0. The maximum atomic E-state index is 2.47. The van der Waals surface area contributed by atoms with Crippen LogP contribution in [0.2, 0.25) is 0 Å². The predicted octanol–water partition coefficient (Wildman–Crippen LogP) is 13.8. The summed E-state index contributed by atoms with van der Waals surface area (Å²) in [5, 5.41) is 10.0. The first kappa shape index (κ1) is 30.1. The Hall–Kier alpha value is -7.36. The van der Waals surface area contributed by atoms with E-state index in [0.29, 0.717) is 0 Å². The van der Waals surface area contributed by atoms with Crippen molar-refractivity contribution >= 4 is 76.2 Å². The molecule has 0 aliphatic rings. The van der Waals surface area contributed by atoms with Crippen molar-refractivity contribution in [2.24, 2.45) is 0 Å². The molecule has 3 heterocycles. The van der Waals surface area contributed by atoms with E-state index in [2.05, 4.69) is 214 Å². The third-order valence-corrected chi connectivity index (χ3v) is 11.6. The van der Waals surface area contributed by atoms with Gasteiger partial charge in [-0.1, -0.05) is 146 Å². The number of aromatic nitrogens is 3. The molecular formula is C52H33N3. The minimum atomic E-state index is 1.14. The number of fused-ring (bicyclic) bond motifs is 11. The molecule has 0 amide bonds. The van der Waals surface area contributed by atoms with Gasteiger partial charge in [0.25, 0.3) is 0 Å². The molecule has 0 atom stereocenters. The molecule has 3 heteroatoms. The Labute approximate surface area is 317 Å². The number of para-hydroxylation sites is 4. The molecule has 0 N–H and O–H groups in total. The molecule has 12 rings (SSSR count). The van der Waals surface area contributed by atoms with Crippen LogP contribution in [0, 0.1) is 0 Å². The zero-order chi connectivity index (χ0) is 36.0. The van der Waals surface area contributed by atoms with Crippen molar-refractivity contribution in [3.05, 3.63) is 200 Å². The van der Waals surface area contributed by atoms with Gasteiger partial charge in [0.15, 0.2) is 0 Å². The van der Waals surface area contributed by atoms with Gasteiger partial charge in [-0.05, 0) is 71.1 Å². The average molecular weight is 700 g/mol. The summed E-state index contributed by atoms with van der Waals surface area (Å²) in [6.45, 7) is 0. The van der Waals surface area contributed by atoms with Crippen molar-refractivity contribution in [2.75, 3.05) is 0 Å². The van der Waals surface area contributed by atoms with Crippen LogP contribution in [-0.2, 0) is 0 Å². The van der Waals surface area contributed by atoms with Crippen molar-refractivity contribution in [2.45, 2.75) is 0 Å². The standard InChI is InChI=1S/C52H33N3/c1-2-15-37(16-3-1)53-47-21-9-7-19-41(47)44-31-32-45-42-20-8-10-22-48(42)54(52(45)51(44)53)38-28-25-34(26-29-38)36-27-30-43-40-18-6-11-23-49(40)55(50(43)33-36)46-24-12-14-35-13-4-5-17-39(35)46/h1-33H. The predicted molar refractivity (Wildman–Crippen MR) is 232 cm³/mol. The Morgan fingerprint density at radius 1 is 0.255 bits per heavy atom. The Morgan fingerprint density at radius 2 is 0.709 bits per heavy atom. The minimum absolute atomic E-state index is 1.14. The summed E-state index contributed by atoms with van der Waals surface area (Å²) < 4.78 is 7.36. The van der Waals surface area contributed by atoms with Gasteiger partial charge < -0.3 is 13.7 Å². The molecule has 256 valence electrons. The van der Waals surface area contributed by atoms with Gasteiger partial charge >= 0.3 is 0 Å². The van der Waals surface area contributed by atoms with Crippen LogP contribution in [0.1, 0.15) is 0 Å². The zero-order valence-electron chi connectivity index (χ0n) is 29.9. The highest BCUT2D eigenvalue weighted by molar-refractivity contribution is 6.24. The van der Waals surface area contributed by atoms with Crippen molar-refractivity contribution in [3.8, 4) is 28.2 Å². The van der Waals surface area contributed by atoms with Gasteiger partial charge in [-0.15, -0.1) is 0 Å². The van der Waals surface area contributed by atoms with Gasteiger partial charge in [-0.2, -0.15) is 0 Å². The Kier molecular flexibility index (Phi) is 6.34. The van der Waals surface area contributed by atoms with Gasteiger partial charge in [0.2, 0.25) is 0 Å². The first-order valence-corrected chi connectivity index (χ1v) is 18.9. The molecule has 0 aliphatic carbocycles. The van der Waals surface area contributed by atoms with Gasteiger partial charge in [-0.25, -0.2) is 0 Å². The summed E-state index contributed by atoms with van der Waals surface area (Å²) in [7, 11) is 0. The first-order valence-electron chi connectivity index (χ1n) is 18.9. The molecule has 0 bridgehead atoms. The monoisotopic (exact) mass is 699 g/mol. The fourth-order valence-electron chi connectivity index (χ4n) is 9.23. The molecule has 3 nitrogen and oxygen atoms in total. The molecule has 0 saturated heterocycles. The highest BCUT2D eigenvalue weighted by Crippen LogP contribution is 2.42. The summed E-state index contributed by atoms with van der Waals surface area (Å²) >= 11 is 0. The lowest BCUT2D eigenvalue weighted by molar-refractivity contribution is 1.15. The smallest absolute Gasteiger partial charge is 0.0788 e. The molecule has 0 radical (unpaired) electrons. The van der Waals surface area contributed by atoms with E-state index in [9.17, 15) is 0 Å². The normalized spacial score (nSPS) is 12.0. The second-order valence-electron chi connectivity index (χ2n) is 14.5. The molecule has 12 aromatic rings. The number of benzene rings is 9. The lowest BCUT2D eigenvalue weighted by Crippen LogP contribution is -1.98. The SMILES string of the molecule is c1ccc(-n2c3ccccc3c3ccc4c5ccccc5n(-c5ccc(-c6ccc7c8ccccc8n(-c8cccc9ccccc89)c7c6)cc5)c4c32)cc1. The van der Waals surface area contributed by atoms with E-state index in [1.807, 2.05) is 0 Å². The fourth-order valence-corrected chi connectivity index (χ4v) is 9.23. The quantitative estimate of drug-likeness (QED) is 0.174. The summed E-state index contributed by atoms with van der Waals surface area (Å²) in [5.41, 5.74) is 13.1. The van der Waals surface area contributed by atoms with Crippen LogP contribution in [0.4, 0.5) is 0 Å². The van der Waals surface area contributed by atoms with Crippen molar-refractivity contribution in [1.82, 2.24) is 13.7 Å². The lowest BCUT2D eigenvalue weighted by atomic mass is 10.0. The van der Waals surface area contributed by atoms with E-state index in [1.165, 1.54) is 93.0 Å². The van der Waals surface area contributed by atoms with Crippen molar-refractivity contribution in [3.63, 3.8) is 0 Å². The van der Waals surface area contributed by atoms with Crippen LogP contribution in [0.15, 0.2) is 200 Å². The highest BCUT2D eigenvalue weighted by atomic mass is 15.0. The maximum absolute atomic E-state index is 2.47. The second-order valence-corrected chi connectivity index (χ2v) is 14.5. The number of rotatable bonds is 4. The van der Waals surface area contributed by atoms with Crippen molar-refractivity contribution in [1.29, 1.82) is 0 Å². The van der Waals surface area contributed by atoms with Gasteiger partial charge in [0.1, 0.15) is 0 Å². The summed E-state index contributed by atoms with van der Waals surface area (Å²) in [6, 6.07) is 73.2. The van der Waals surface area contributed by atoms with Crippen LogP contribution in [0.25, 0.3) is 104 Å². The molecule has 0 spiro atoms. The molecule has 0 unspecified atom stereocenters. The Morgan fingerprint density at radius 3 is 1.36 bits per heavy atom. The van der Waals surface area contributed by atoms with Crippen LogP contribution in [0.5, 0.6) is 0 Å². The number of nitrogens with zero attached hydrogens (tertiary/aromatic N) is 3. The molecule has 0 fully saturated rings. The second kappa shape index (κ2) is 11.6. The first-order chi connectivity index (χ1) is 27.3. The molecule has 55 heavy (non-hydrogen) atoms. The fraction of sp³-hybridized carbons (Fsp3) is 0. The van der Waals surface area contributed by atoms with E-state index in [1.54, 1.807) is 0 Å². The molecule has 0 aliphatic heterocycles. The van der Waals surface area contributed by atoms with Crippen LogP contribution >= 0.6 is 0 Å². The van der Waals surface area contributed by atoms with Gasteiger partial charge in [0.05, 0.1) is 38.8 Å². The topological polar surface area (TPSA) is 14.8 Å². The Balaban J connectivity index is 1.08. The third kappa shape index (κ3) is 4.32. The summed E-state index contributed by atoms with van der Waals surface area (Å²) in [5.74, 6) is 0. The molecule has 9 aromatic carbocycles. The van der Waals surface area contributed by atoms with E-state index >= 15 is 0 Å². The van der Waals surface area contributed by atoms with Gasteiger partial charge in [0, 0.05) is 49.1 Å². The minimum Gasteiger partial charge on any atom is -0.309 e. The molecule has 3 aromatic heterocycles. The Bertz CT molecular complexity index is 3460. The maximum Gasteiger partial charge on any atom is 0.0788 e. The summed E-state index contributed by atoms with van der Waals surface area (Å²) in [6.07, 6.45) is 0. The van der Waals surface area contributed by atoms with E-state index in [4.69, 9.17) is 0 Å². The molecular weight excluding hydrogens is 667 g/mol. The lowest BCUT2D eigenvalue weighted by Gasteiger charge is -2.13. The van der Waals surface area contributed by atoms with Crippen molar-refractivity contribution < 1.29 is 0 Å². The summed E-state index contributed by atoms with van der Waals surface area (Å²) in [4.78, 5) is 0. The van der Waals surface area contributed by atoms with Crippen LogP contribution < -0.4 is 0 Å². The van der Waals surface area contributed by atoms with Gasteiger partial charge in [-0.3, -0.25) is 0 Å². The van der Waals surface area contributed by atoms with Crippen LogP contribution in [0.3, 0.4) is 0 Å². The molecule has 0 saturated carbocycles.